The third-order valence-corrected chi connectivity index (χ3v) is 8.66. The molecule has 0 aromatic heterocycles. The normalized spacial score (nSPS) is 10.6. The summed E-state index contributed by atoms with van der Waals surface area (Å²) in [4.78, 5) is 71.6. The predicted molar refractivity (Wildman–Crippen MR) is 243 cm³/mol. The van der Waals surface area contributed by atoms with Gasteiger partial charge in [0.15, 0.2) is 5.78 Å². The Bertz CT molecular complexity index is 2380. The predicted octanol–water partition coefficient (Wildman–Crippen LogP) is 8.56. The van der Waals surface area contributed by atoms with Crippen molar-refractivity contribution in [2.75, 3.05) is 40.6 Å². The molecule has 14 heteroatoms. The summed E-state index contributed by atoms with van der Waals surface area (Å²) in [6.07, 6.45) is 3.20. The van der Waals surface area contributed by atoms with Crippen molar-refractivity contribution in [1.29, 1.82) is 0 Å². The molecule has 0 atom stereocenters. The maximum Gasteiger partial charge on any atom is 0.338 e. The fraction of sp³-hybridized carbons (Fsp3) is 0.216. The van der Waals surface area contributed by atoms with Crippen LogP contribution in [-0.4, -0.2) is 76.1 Å². The fourth-order valence-electron chi connectivity index (χ4n) is 5.12. The SMILES string of the molecule is C=C(C)C(=O)OCCOc1ccc(/C=C/C(=O)c2ccc(OCCOC(=O)C(=C)C)cc2)cc1.C=C(C)C(=O)Oc1ccc(C(=O)C(OC)(OC)c2ccc(OC(=O)C(=C)C)cc2)cc1. The van der Waals surface area contributed by atoms with Gasteiger partial charge in [0.25, 0.3) is 5.79 Å². The van der Waals surface area contributed by atoms with Crippen LogP contribution >= 0.6 is 0 Å². The van der Waals surface area contributed by atoms with Crippen LogP contribution in [0, 0.1) is 0 Å². The van der Waals surface area contributed by atoms with E-state index in [9.17, 15) is 28.8 Å². The highest BCUT2D eigenvalue weighted by molar-refractivity contribution is 6.07. The molecule has 0 fully saturated rings. The summed E-state index contributed by atoms with van der Waals surface area (Å²) >= 11 is 0. The number of esters is 4. The van der Waals surface area contributed by atoms with Crippen molar-refractivity contribution in [3.63, 3.8) is 0 Å². The largest absolute Gasteiger partial charge is 0.490 e. The topological polar surface area (TPSA) is 176 Å². The van der Waals surface area contributed by atoms with E-state index in [-0.39, 0.29) is 60.4 Å². The van der Waals surface area contributed by atoms with E-state index in [0.717, 1.165) is 5.56 Å². The minimum Gasteiger partial charge on any atom is -0.490 e. The standard InChI is InChI=1S/C27H28O7.C24H24O7/c1-19(2)26(29)33-17-15-31-23-10-5-21(6-11-23)7-14-25(28)22-8-12-24(13-9-22)32-16-18-34-27(30)20(3)4;1-15(2)22(26)30-19-11-7-17(8-12-19)21(25)24(28-5,29-6)18-9-13-20(14-10-18)31-23(27)16(3)4/h5-14H,1,3,15-18H2,2,4H3;7-14H,1,3H2,2,4-6H3/b14-7+;. The molecule has 0 aliphatic rings. The Morgan fingerprint density at radius 3 is 1.25 bits per heavy atom. The number of benzene rings is 4. The van der Waals surface area contributed by atoms with Gasteiger partial charge in [-0.3, -0.25) is 9.59 Å². The highest BCUT2D eigenvalue weighted by Crippen LogP contribution is 2.32. The number of methoxy groups -OCH3 is 2. The number of carbonyl (C=O) groups excluding carboxylic acids is 6. The van der Waals surface area contributed by atoms with Gasteiger partial charge >= 0.3 is 23.9 Å². The van der Waals surface area contributed by atoms with Gasteiger partial charge in [-0.2, -0.15) is 0 Å². The monoisotopic (exact) mass is 888 g/mol. The van der Waals surface area contributed by atoms with Crippen molar-refractivity contribution >= 4 is 41.5 Å². The average Bonchev–Trinajstić information content (AvgIpc) is 3.30. The zero-order valence-corrected chi connectivity index (χ0v) is 37.3. The summed E-state index contributed by atoms with van der Waals surface area (Å²) < 4.78 is 42.2. The number of ketones is 2. The van der Waals surface area contributed by atoms with E-state index in [0.29, 0.717) is 33.8 Å². The van der Waals surface area contributed by atoms with E-state index in [2.05, 4.69) is 26.3 Å². The maximum atomic E-state index is 13.3. The zero-order valence-electron chi connectivity index (χ0n) is 37.3. The number of Topliss-reactive ketones (excluding diaryl/α,β-unsaturated/α-hetero) is 1. The molecule has 0 spiro atoms. The Morgan fingerprint density at radius 2 is 0.846 bits per heavy atom. The molecule has 0 bridgehead atoms. The summed E-state index contributed by atoms with van der Waals surface area (Å²) in [5.41, 5.74) is 3.22. The lowest BCUT2D eigenvalue weighted by Gasteiger charge is -2.29. The third kappa shape index (κ3) is 16.2. The van der Waals surface area contributed by atoms with Gasteiger partial charge in [-0.05, 0) is 124 Å². The zero-order chi connectivity index (χ0) is 48.1. The molecule has 0 aliphatic heterocycles. The minimum absolute atomic E-state index is 0.113. The van der Waals surface area contributed by atoms with Gasteiger partial charge in [0.05, 0.1) is 0 Å². The van der Waals surface area contributed by atoms with Crippen molar-refractivity contribution in [3.8, 4) is 23.0 Å². The van der Waals surface area contributed by atoms with Crippen LogP contribution in [0.2, 0.25) is 0 Å². The van der Waals surface area contributed by atoms with Crippen LogP contribution in [0.25, 0.3) is 6.08 Å². The van der Waals surface area contributed by atoms with Crippen LogP contribution in [-0.2, 0) is 43.9 Å². The van der Waals surface area contributed by atoms with Gasteiger partial charge in [0.2, 0.25) is 5.78 Å². The van der Waals surface area contributed by atoms with E-state index in [1.165, 1.54) is 63.6 Å². The third-order valence-electron chi connectivity index (χ3n) is 8.66. The number of ether oxygens (including phenoxy) is 8. The lowest BCUT2D eigenvalue weighted by atomic mass is 9.95. The van der Waals surface area contributed by atoms with E-state index in [4.69, 9.17) is 37.9 Å². The molecule has 0 amide bonds. The summed E-state index contributed by atoms with van der Waals surface area (Å²) in [5.74, 6) is -2.62. The molecule has 0 N–H and O–H groups in total. The Balaban J connectivity index is 0.000000347. The smallest absolute Gasteiger partial charge is 0.338 e. The van der Waals surface area contributed by atoms with Gasteiger partial charge in [-0.1, -0.05) is 44.5 Å². The van der Waals surface area contributed by atoms with Crippen LogP contribution in [0.5, 0.6) is 23.0 Å². The Kier molecular flexibility index (Phi) is 20.2. The molecule has 4 rings (SSSR count). The molecule has 0 saturated heterocycles. The first-order chi connectivity index (χ1) is 30.9. The first kappa shape index (κ1) is 51.7. The van der Waals surface area contributed by atoms with Crippen molar-refractivity contribution in [3.05, 3.63) is 174 Å². The summed E-state index contributed by atoms with van der Waals surface area (Å²) in [6.45, 7) is 21.0. The highest BCUT2D eigenvalue weighted by atomic mass is 16.7. The lowest BCUT2D eigenvalue weighted by molar-refractivity contribution is -0.176. The quantitative estimate of drug-likeness (QED) is 0.0183. The number of carbonyl (C=O) groups is 6. The van der Waals surface area contributed by atoms with Gasteiger partial charge < -0.3 is 37.9 Å². The van der Waals surface area contributed by atoms with Crippen LogP contribution < -0.4 is 18.9 Å². The molecule has 14 nitrogen and oxygen atoms in total. The highest BCUT2D eigenvalue weighted by Gasteiger charge is 2.41. The van der Waals surface area contributed by atoms with Crippen molar-refractivity contribution in [1.82, 2.24) is 0 Å². The fourth-order valence-corrected chi connectivity index (χ4v) is 5.12. The van der Waals surface area contributed by atoms with Crippen molar-refractivity contribution < 1.29 is 66.7 Å². The molecule has 340 valence electrons. The number of rotatable bonds is 22. The van der Waals surface area contributed by atoms with Gasteiger partial charge in [0.1, 0.15) is 49.4 Å². The van der Waals surface area contributed by atoms with Crippen LogP contribution in [0.4, 0.5) is 0 Å². The first-order valence-corrected chi connectivity index (χ1v) is 19.8. The second kappa shape index (κ2) is 25.4. The second-order valence-electron chi connectivity index (χ2n) is 14.1. The average molecular weight is 889 g/mol. The van der Waals surface area contributed by atoms with E-state index in [1.54, 1.807) is 75.4 Å². The lowest BCUT2D eigenvalue weighted by Crippen LogP contribution is -2.40. The summed E-state index contributed by atoms with van der Waals surface area (Å²) in [7, 11) is 2.69. The van der Waals surface area contributed by atoms with Gasteiger partial charge in [0, 0.05) is 53.2 Å². The van der Waals surface area contributed by atoms with Gasteiger partial charge in [-0.15, -0.1) is 0 Å². The number of allylic oxidation sites excluding steroid dienone is 1. The minimum atomic E-state index is -1.73. The Labute approximate surface area is 378 Å². The number of hydrogen-bond acceptors (Lipinski definition) is 14. The molecule has 4 aromatic carbocycles. The molecular weight excluding hydrogens is 837 g/mol. The summed E-state index contributed by atoms with van der Waals surface area (Å²) in [6, 6.07) is 26.0. The van der Waals surface area contributed by atoms with Crippen LogP contribution in [0.15, 0.2) is 152 Å². The molecule has 0 aliphatic carbocycles. The number of hydrogen-bond donors (Lipinski definition) is 0. The van der Waals surface area contributed by atoms with Crippen molar-refractivity contribution in [2.24, 2.45) is 0 Å². The van der Waals surface area contributed by atoms with E-state index < -0.39 is 35.4 Å². The van der Waals surface area contributed by atoms with Crippen LogP contribution in [0.1, 0.15) is 59.5 Å². The van der Waals surface area contributed by atoms with Crippen LogP contribution in [0.3, 0.4) is 0 Å². The van der Waals surface area contributed by atoms with Crippen molar-refractivity contribution in [2.45, 2.75) is 33.5 Å². The van der Waals surface area contributed by atoms with Gasteiger partial charge in [-0.25, -0.2) is 19.2 Å². The Morgan fingerprint density at radius 1 is 0.477 bits per heavy atom. The molecule has 0 unspecified atom stereocenters. The molecule has 0 heterocycles. The first-order valence-electron chi connectivity index (χ1n) is 19.8. The second-order valence-corrected chi connectivity index (χ2v) is 14.1. The maximum absolute atomic E-state index is 13.3. The molecule has 65 heavy (non-hydrogen) atoms. The molecule has 0 radical (unpaired) electrons. The van der Waals surface area contributed by atoms with E-state index >= 15 is 0 Å². The Hall–Kier alpha value is -7.68. The molecular formula is C51H52O14. The molecule has 0 saturated carbocycles. The van der Waals surface area contributed by atoms with E-state index in [1.807, 2.05) is 12.1 Å². The molecule has 4 aromatic rings. The summed E-state index contributed by atoms with van der Waals surface area (Å²) in [5, 5.41) is 0.